The summed E-state index contributed by atoms with van der Waals surface area (Å²) in [5.74, 6) is -1.59. The van der Waals surface area contributed by atoms with Crippen LogP contribution >= 0.6 is 11.3 Å². The molecule has 0 fully saturated rings. The van der Waals surface area contributed by atoms with Crippen LogP contribution in [0.5, 0.6) is 0 Å². The van der Waals surface area contributed by atoms with Gasteiger partial charge in [-0.1, -0.05) is 6.07 Å². The maximum absolute atomic E-state index is 11.7. The fourth-order valence-electron chi connectivity index (χ4n) is 1.43. The molecule has 0 saturated carbocycles. The van der Waals surface area contributed by atoms with Crippen molar-refractivity contribution in [3.8, 4) is 0 Å². The first-order valence-corrected chi connectivity index (χ1v) is 6.39. The molecule has 0 aliphatic heterocycles. The monoisotopic (exact) mass is 285 g/mol. The summed E-state index contributed by atoms with van der Waals surface area (Å²) >= 11 is 1.37. The van der Waals surface area contributed by atoms with Gasteiger partial charge in [-0.2, -0.15) is 0 Å². The van der Waals surface area contributed by atoms with Crippen molar-refractivity contribution < 1.29 is 19.5 Å². The van der Waals surface area contributed by atoms with Gasteiger partial charge in [0.1, 0.15) is 6.04 Å². The second-order valence-electron chi connectivity index (χ2n) is 3.91. The predicted molar refractivity (Wildman–Crippen MR) is 69.6 cm³/mol. The number of rotatable bonds is 6. The molecule has 1 unspecified atom stereocenters. The Morgan fingerprint density at radius 3 is 2.58 bits per heavy atom. The molecule has 0 spiro atoms. The van der Waals surface area contributed by atoms with E-state index in [1.807, 2.05) is 5.38 Å². The summed E-state index contributed by atoms with van der Waals surface area (Å²) in [5.41, 5.74) is 5.05. The highest BCUT2D eigenvalue weighted by Crippen LogP contribution is 2.21. The van der Waals surface area contributed by atoms with E-state index in [0.717, 1.165) is 4.88 Å². The van der Waals surface area contributed by atoms with Crippen LogP contribution in [0.4, 0.5) is 4.79 Å². The maximum Gasteiger partial charge on any atom is 0.325 e. The smallest absolute Gasteiger partial charge is 0.325 e. The molecule has 1 aromatic heterocycles. The van der Waals surface area contributed by atoms with Gasteiger partial charge in [0.25, 0.3) is 0 Å². The molecule has 1 aromatic rings. The molecule has 1 heterocycles. The molecule has 5 N–H and O–H groups in total. The van der Waals surface area contributed by atoms with Crippen LogP contribution in [-0.2, 0) is 9.59 Å². The van der Waals surface area contributed by atoms with Crippen LogP contribution in [0.15, 0.2) is 17.5 Å². The molecule has 2 atom stereocenters. The highest BCUT2D eigenvalue weighted by molar-refractivity contribution is 7.10. The van der Waals surface area contributed by atoms with E-state index in [1.54, 1.807) is 12.1 Å². The van der Waals surface area contributed by atoms with Gasteiger partial charge in [-0.05, 0) is 18.4 Å². The number of carbonyl (C=O) groups is 3. The molecule has 104 valence electrons. The van der Waals surface area contributed by atoms with E-state index in [1.165, 1.54) is 18.3 Å². The number of urea groups is 1. The number of thiophene rings is 1. The lowest BCUT2D eigenvalue weighted by Gasteiger charge is -2.17. The second-order valence-corrected chi connectivity index (χ2v) is 4.89. The number of amides is 3. The van der Waals surface area contributed by atoms with E-state index >= 15 is 0 Å². The minimum Gasteiger partial charge on any atom is -0.480 e. The van der Waals surface area contributed by atoms with Crippen molar-refractivity contribution in [2.45, 2.75) is 25.4 Å². The molecular weight excluding hydrogens is 270 g/mol. The average molecular weight is 285 g/mol. The number of carboxylic acids is 1. The van der Waals surface area contributed by atoms with E-state index in [9.17, 15) is 14.4 Å². The van der Waals surface area contributed by atoms with Crippen molar-refractivity contribution in [2.24, 2.45) is 5.73 Å². The third-order valence-corrected chi connectivity index (χ3v) is 3.33. The highest BCUT2D eigenvalue weighted by Gasteiger charge is 2.21. The number of carboxylic acid groups (broad SMARTS) is 1. The molecule has 19 heavy (non-hydrogen) atoms. The van der Waals surface area contributed by atoms with Gasteiger partial charge in [-0.25, -0.2) is 4.79 Å². The van der Waals surface area contributed by atoms with Crippen LogP contribution in [0.25, 0.3) is 0 Å². The Morgan fingerprint density at radius 1 is 1.42 bits per heavy atom. The first-order valence-electron chi connectivity index (χ1n) is 5.51. The zero-order valence-corrected chi connectivity index (χ0v) is 11.1. The van der Waals surface area contributed by atoms with Gasteiger partial charge in [0.05, 0.1) is 12.5 Å². The largest absolute Gasteiger partial charge is 0.480 e. The van der Waals surface area contributed by atoms with E-state index in [2.05, 4.69) is 10.6 Å². The average Bonchev–Trinajstić information content (AvgIpc) is 2.80. The minimum atomic E-state index is -1.12. The zero-order chi connectivity index (χ0) is 14.4. The number of nitrogens with two attached hydrogens (primary N) is 1. The third-order valence-electron chi connectivity index (χ3n) is 2.34. The fourth-order valence-corrected chi connectivity index (χ4v) is 2.21. The lowest BCUT2D eigenvalue weighted by Crippen LogP contribution is -2.41. The summed E-state index contributed by atoms with van der Waals surface area (Å²) in [6, 6.07) is 1.27. The summed E-state index contributed by atoms with van der Waals surface area (Å²) in [4.78, 5) is 34.0. The highest BCUT2D eigenvalue weighted by atomic mass is 32.1. The van der Waals surface area contributed by atoms with Gasteiger partial charge < -0.3 is 21.5 Å². The fraction of sp³-hybridized carbons (Fsp3) is 0.364. The van der Waals surface area contributed by atoms with E-state index in [4.69, 9.17) is 10.8 Å². The van der Waals surface area contributed by atoms with Crippen LogP contribution in [0.3, 0.4) is 0 Å². The van der Waals surface area contributed by atoms with Crippen molar-refractivity contribution in [2.75, 3.05) is 0 Å². The van der Waals surface area contributed by atoms with E-state index in [0.29, 0.717) is 0 Å². The molecule has 0 aliphatic carbocycles. The number of nitrogens with one attached hydrogen (secondary N) is 2. The molecule has 1 rings (SSSR count). The number of hydrogen-bond donors (Lipinski definition) is 4. The molecule has 3 amide bonds. The Morgan fingerprint density at radius 2 is 2.11 bits per heavy atom. The molecule has 0 bridgehead atoms. The molecule has 0 aromatic carbocycles. The van der Waals surface area contributed by atoms with Crippen molar-refractivity contribution in [3.05, 3.63) is 22.4 Å². The normalized spacial score (nSPS) is 13.3. The van der Waals surface area contributed by atoms with Gasteiger partial charge >= 0.3 is 12.0 Å². The number of hydrogen-bond acceptors (Lipinski definition) is 4. The van der Waals surface area contributed by atoms with Crippen molar-refractivity contribution >= 4 is 29.2 Å². The Balaban J connectivity index is 2.65. The summed E-state index contributed by atoms with van der Waals surface area (Å²) < 4.78 is 0. The number of aliphatic carboxylic acids is 1. The molecule has 7 nitrogen and oxygen atoms in total. The number of primary amides is 1. The van der Waals surface area contributed by atoms with Gasteiger partial charge in [0, 0.05) is 4.88 Å². The quantitative estimate of drug-likeness (QED) is 0.605. The Labute approximate surface area is 113 Å². The first-order chi connectivity index (χ1) is 8.90. The van der Waals surface area contributed by atoms with Crippen LogP contribution in [0, 0.1) is 0 Å². The summed E-state index contributed by atoms with van der Waals surface area (Å²) in [6.07, 6.45) is -0.0684. The summed E-state index contributed by atoms with van der Waals surface area (Å²) in [6.45, 7) is 1.36. The standard InChI is InChI=1S/C11H15N3O4S/c1-6(10(16)17)13-9(15)5-7(14-11(12)18)8-3-2-4-19-8/h2-4,6-7H,5H2,1H3,(H,13,15)(H,16,17)(H3,12,14,18)/t6-,7?/m1/s1. The van der Waals surface area contributed by atoms with Crippen molar-refractivity contribution in [1.29, 1.82) is 0 Å². The lowest BCUT2D eigenvalue weighted by molar-refractivity contribution is -0.141. The zero-order valence-electron chi connectivity index (χ0n) is 10.3. The van der Waals surface area contributed by atoms with Crippen LogP contribution in [0.2, 0.25) is 0 Å². The Bertz CT molecular complexity index is 461. The van der Waals surface area contributed by atoms with Crippen molar-refractivity contribution in [3.63, 3.8) is 0 Å². The van der Waals surface area contributed by atoms with Gasteiger partial charge in [0.15, 0.2) is 0 Å². The molecule has 0 radical (unpaired) electrons. The SMILES string of the molecule is C[C@@H](NC(=O)CC(NC(N)=O)c1cccs1)C(=O)O. The molecule has 0 aliphatic rings. The van der Waals surface area contributed by atoms with Crippen LogP contribution in [0.1, 0.15) is 24.3 Å². The Hall–Kier alpha value is -2.09. The second kappa shape index (κ2) is 6.74. The third kappa shape index (κ3) is 4.96. The predicted octanol–water partition coefficient (Wildman–Crippen LogP) is 0.437. The molecular formula is C11H15N3O4S. The molecule has 8 heteroatoms. The van der Waals surface area contributed by atoms with E-state index in [-0.39, 0.29) is 6.42 Å². The lowest BCUT2D eigenvalue weighted by atomic mass is 10.1. The first kappa shape index (κ1) is 15.0. The minimum absolute atomic E-state index is 0.0684. The van der Waals surface area contributed by atoms with Crippen molar-refractivity contribution in [1.82, 2.24) is 10.6 Å². The topological polar surface area (TPSA) is 122 Å². The summed E-state index contributed by atoms with van der Waals surface area (Å²) in [5, 5.41) is 15.3. The molecule has 0 saturated heterocycles. The summed E-state index contributed by atoms with van der Waals surface area (Å²) in [7, 11) is 0. The van der Waals surface area contributed by atoms with Crippen LogP contribution in [-0.4, -0.2) is 29.1 Å². The van der Waals surface area contributed by atoms with Gasteiger partial charge in [-0.3, -0.25) is 9.59 Å². The van der Waals surface area contributed by atoms with Gasteiger partial charge in [0.2, 0.25) is 5.91 Å². The van der Waals surface area contributed by atoms with E-state index < -0.39 is 30.0 Å². The Kier molecular flexibility index (Phi) is 5.31. The van der Waals surface area contributed by atoms with Gasteiger partial charge in [-0.15, -0.1) is 11.3 Å². The van der Waals surface area contributed by atoms with Crippen LogP contribution < -0.4 is 16.4 Å². The number of carbonyl (C=O) groups excluding carboxylic acids is 2. The maximum atomic E-state index is 11.7.